The van der Waals surface area contributed by atoms with E-state index in [9.17, 15) is 29.2 Å². The fraction of sp³-hybridized carbons (Fsp3) is 0.447. The van der Waals surface area contributed by atoms with E-state index in [-0.39, 0.29) is 82.9 Å². The number of allylic oxidation sites excluding steroid dienone is 1. The highest BCUT2D eigenvalue weighted by atomic mass is 16.5. The molecule has 0 saturated heterocycles. The van der Waals surface area contributed by atoms with Crippen LogP contribution in [0.2, 0.25) is 0 Å². The summed E-state index contributed by atoms with van der Waals surface area (Å²) >= 11 is 0. The van der Waals surface area contributed by atoms with Crippen LogP contribution in [0.1, 0.15) is 97.4 Å². The fourth-order valence-electron chi connectivity index (χ4n) is 7.46. The minimum atomic E-state index is -1.20. The monoisotopic (exact) mass is 820 g/mol. The maximum absolute atomic E-state index is 14.6. The highest BCUT2D eigenvalue weighted by Gasteiger charge is 2.36. The molecule has 4 atom stereocenters. The van der Waals surface area contributed by atoms with Gasteiger partial charge >= 0.3 is 0 Å². The Morgan fingerprint density at radius 3 is 2.27 bits per heavy atom. The first-order chi connectivity index (χ1) is 28.9. The van der Waals surface area contributed by atoms with Gasteiger partial charge in [-0.1, -0.05) is 62.8 Å². The number of fused-ring (bicyclic) bond motifs is 5. The van der Waals surface area contributed by atoms with Crippen molar-refractivity contribution in [1.82, 2.24) is 10.2 Å². The molecular weight excluding hydrogens is 761 g/mol. The minimum Gasteiger partial charge on any atom is -0.492 e. The lowest BCUT2D eigenvalue weighted by Gasteiger charge is -2.32. The Balaban J connectivity index is 1.84. The molecule has 0 aromatic heterocycles. The van der Waals surface area contributed by atoms with Crippen molar-refractivity contribution in [3.8, 4) is 28.7 Å². The summed E-state index contributed by atoms with van der Waals surface area (Å²) in [5.41, 5.74) is 22.2. The van der Waals surface area contributed by atoms with E-state index in [1.165, 1.54) is 11.9 Å². The number of unbranched alkanes of at least 4 members (excludes halogenated alkanes) is 1. The molecule has 320 valence electrons. The molecule has 7 N–H and O–H groups in total. The van der Waals surface area contributed by atoms with Crippen LogP contribution in [0, 0.1) is 30.1 Å². The Morgan fingerprint density at radius 1 is 0.950 bits per heavy atom. The molecule has 13 nitrogen and oxygen atoms in total. The lowest BCUT2D eigenvalue weighted by molar-refractivity contribution is -0.142. The second kappa shape index (κ2) is 23.2. The van der Waals surface area contributed by atoms with Crippen LogP contribution in [0.5, 0.6) is 11.5 Å². The highest BCUT2D eigenvalue weighted by molar-refractivity contribution is 6.01. The Kier molecular flexibility index (Phi) is 18.2. The number of rotatable bonds is 19. The molecule has 0 spiro atoms. The molecule has 1 heterocycles. The Morgan fingerprint density at radius 2 is 1.63 bits per heavy atom. The average Bonchev–Trinajstić information content (AvgIpc) is 3.23. The van der Waals surface area contributed by atoms with E-state index < -0.39 is 41.5 Å². The molecule has 0 radical (unpaired) electrons. The van der Waals surface area contributed by atoms with Crippen LogP contribution < -0.4 is 32.0 Å². The molecule has 3 aromatic rings. The van der Waals surface area contributed by atoms with Crippen molar-refractivity contribution in [2.24, 2.45) is 29.0 Å². The number of carbonyl (C=O) groups is 5. The zero-order valence-electron chi connectivity index (χ0n) is 35.3. The molecule has 3 aromatic carbocycles. The second-order valence-corrected chi connectivity index (χ2v) is 15.3. The number of ether oxygens (including phenoxy) is 2. The van der Waals surface area contributed by atoms with Crippen molar-refractivity contribution in [2.45, 2.75) is 84.2 Å². The van der Waals surface area contributed by atoms with Gasteiger partial charge in [0, 0.05) is 74.3 Å². The van der Waals surface area contributed by atoms with E-state index in [1.54, 1.807) is 43.3 Å². The normalized spacial score (nSPS) is 17.3. The summed E-state index contributed by atoms with van der Waals surface area (Å²) in [5.74, 6) is -2.81. The van der Waals surface area contributed by atoms with E-state index in [4.69, 9.17) is 26.7 Å². The summed E-state index contributed by atoms with van der Waals surface area (Å²) in [6, 6.07) is 16.0. The van der Waals surface area contributed by atoms with Crippen molar-refractivity contribution in [2.75, 3.05) is 39.9 Å². The zero-order valence-corrected chi connectivity index (χ0v) is 35.3. The number of ketones is 3. The third-order valence-corrected chi connectivity index (χ3v) is 10.6. The van der Waals surface area contributed by atoms with Crippen LogP contribution in [0.3, 0.4) is 0 Å². The summed E-state index contributed by atoms with van der Waals surface area (Å²) in [7, 11) is 1.52. The van der Waals surface area contributed by atoms with Crippen LogP contribution in [-0.4, -0.2) is 80.0 Å². The number of amides is 2. The van der Waals surface area contributed by atoms with Gasteiger partial charge in [0.05, 0.1) is 12.1 Å². The molecule has 60 heavy (non-hydrogen) atoms. The molecule has 1 aliphatic heterocycles. The quantitative estimate of drug-likeness (QED) is 0.112. The molecule has 0 fully saturated rings. The molecule has 4 rings (SSSR count). The first-order valence-electron chi connectivity index (χ1n) is 20.8. The van der Waals surface area contributed by atoms with Crippen molar-refractivity contribution in [1.29, 1.82) is 5.26 Å². The number of carbonyl (C=O) groups excluding carboxylic acids is 5. The number of nitrogens with one attached hydrogen (secondary N) is 1. The third kappa shape index (κ3) is 12.4. The first kappa shape index (κ1) is 47.0. The molecule has 0 aliphatic carbocycles. The molecular formula is C47H60N6O7. The maximum atomic E-state index is 14.6. The number of benzene rings is 3. The van der Waals surface area contributed by atoms with E-state index >= 15 is 0 Å². The lowest BCUT2D eigenvalue weighted by atomic mass is 9.88. The van der Waals surface area contributed by atoms with Gasteiger partial charge in [-0.15, -0.1) is 0 Å². The van der Waals surface area contributed by atoms with Gasteiger partial charge in [-0.3, -0.25) is 24.0 Å². The van der Waals surface area contributed by atoms with Gasteiger partial charge in [0.15, 0.2) is 17.3 Å². The minimum absolute atomic E-state index is 0.0214. The number of nitriles is 1. The van der Waals surface area contributed by atoms with Crippen LogP contribution in [-0.2, 0) is 25.6 Å². The summed E-state index contributed by atoms with van der Waals surface area (Å²) < 4.78 is 12.2. The van der Waals surface area contributed by atoms with E-state index in [0.717, 1.165) is 24.0 Å². The van der Waals surface area contributed by atoms with Gasteiger partial charge in [0.1, 0.15) is 30.8 Å². The van der Waals surface area contributed by atoms with Crippen molar-refractivity contribution in [3.05, 3.63) is 88.5 Å². The van der Waals surface area contributed by atoms with Gasteiger partial charge < -0.3 is 36.9 Å². The van der Waals surface area contributed by atoms with Crippen LogP contribution in [0.4, 0.5) is 0 Å². The number of nitrogens with zero attached hydrogens (tertiary/aromatic N) is 2. The average molecular weight is 821 g/mol. The number of hydrogen-bond donors (Lipinski definition) is 4. The Bertz CT molecular complexity index is 2070. The van der Waals surface area contributed by atoms with E-state index in [2.05, 4.69) is 18.3 Å². The van der Waals surface area contributed by atoms with Crippen LogP contribution in [0.25, 0.3) is 17.2 Å². The fourth-order valence-corrected chi connectivity index (χ4v) is 7.46. The van der Waals surface area contributed by atoms with Gasteiger partial charge in [-0.25, -0.2) is 0 Å². The van der Waals surface area contributed by atoms with Crippen LogP contribution in [0.15, 0.2) is 60.7 Å². The summed E-state index contributed by atoms with van der Waals surface area (Å²) in [5, 5.41) is 12.1. The van der Waals surface area contributed by atoms with Gasteiger partial charge in [-0.2, -0.15) is 5.26 Å². The van der Waals surface area contributed by atoms with Crippen molar-refractivity contribution < 1.29 is 33.4 Å². The van der Waals surface area contributed by atoms with Gasteiger partial charge in [-0.05, 0) is 79.3 Å². The molecule has 2 amide bonds. The molecule has 4 bridgehead atoms. The number of hydrogen-bond acceptors (Lipinski definition) is 11. The second-order valence-electron chi connectivity index (χ2n) is 15.3. The lowest BCUT2D eigenvalue weighted by Crippen LogP contribution is -2.46. The van der Waals surface area contributed by atoms with Gasteiger partial charge in [0.2, 0.25) is 11.8 Å². The van der Waals surface area contributed by atoms with E-state index in [0.29, 0.717) is 39.3 Å². The maximum Gasteiger partial charge on any atom is 0.226 e. The smallest absolute Gasteiger partial charge is 0.226 e. The predicted octanol–water partition coefficient (Wildman–Crippen LogP) is 5.40. The SMILES string of the molecule is CCC/C=C/c1ccc(C(=O)C[C@@H](CCN)C(=O)N(C)[C@@H]2C(=O)C[C@@H](C)C(=O)N[C@H](C(=O)CCC#N)Cc3ccc(OCCN)c(c3)-c3cc2ccc3OCCN)c(C)c1. The Hall–Kier alpha value is -5.68. The van der Waals surface area contributed by atoms with E-state index in [1.807, 2.05) is 37.3 Å². The molecule has 0 unspecified atom stereocenters. The summed E-state index contributed by atoms with van der Waals surface area (Å²) in [6.45, 7) is 6.51. The number of nitrogens with two attached hydrogens (primary N) is 3. The molecule has 13 heteroatoms. The third-order valence-electron chi connectivity index (χ3n) is 10.6. The highest BCUT2D eigenvalue weighted by Crippen LogP contribution is 2.41. The molecule has 1 aliphatic rings. The molecule has 0 saturated carbocycles. The standard InChI is InChI=1S/C47H60N6O7/c1-5-6-7-9-32-11-14-36(30(2)24-32)41(55)29-35(17-19-49)47(58)53(4)45-34-13-16-44(60-23-21-51)38(28-34)37-26-33(12-15-43(37)59-22-20-50)27-39(40(54)10-8-18-48)52-46(57)31(3)25-42(45)56/h7,9,11-16,24,26,28,31,35,39,45H,5-6,8,10,17,19-23,25,27,29,49-51H2,1-4H3,(H,52,57)/b9-7+/t31-,35-,39+,45+/m1/s1. The van der Waals surface area contributed by atoms with Gasteiger partial charge in [0.25, 0.3) is 0 Å². The zero-order chi connectivity index (χ0) is 43.8. The Labute approximate surface area is 353 Å². The number of Topliss-reactive ketones (excluding diaryl/α,β-unsaturated/α-hetero) is 3. The number of likely N-dealkylation sites (N-methyl/N-ethyl adjacent to an activating group) is 1. The summed E-state index contributed by atoms with van der Waals surface area (Å²) in [6.07, 6.45) is 5.90. The van der Waals surface area contributed by atoms with Crippen molar-refractivity contribution in [3.63, 3.8) is 0 Å². The van der Waals surface area contributed by atoms with Crippen LogP contribution >= 0.6 is 0 Å². The summed E-state index contributed by atoms with van der Waals surface area (Å²) in [4.78, 5) is 71.6. The van der Waals surface area contributed by atoms with Crippen molar-refractivity contribution >= 4 is 35.2 Å². The predicted molar refractivity (Wildman–Crippen MR) is 232 cm³/mol. The topological polar surface area (TPSA) is 221 Å². The largest absolute Gasteiger partial charge is 0.492 e. The number of aryl methyl sites for hydroxylation is 1. The first-order valence-corrected chi connectivity index (χ1v) is 20.8.